The molecule has 0 aliphatic carbocycles. The molecule has 0 saturated carbocycles. The second-order valence-corrected chi connectivity index (χ2v) is 2.44. The highest BCUT2D eigenvalue weighted by Gasteiger charge is 2.31. The van der Waals surface area contributed by atoms with Crippen molar-refractivity contribution in [1.29, 1.82) is 0 Å². The maximum atomic E-state index is 12.0. The first-order valence-corrected chi connectivity index (χ1v) is 2.78. The molecule has 0 bridgehead atoms. The second-order valence-electron chi connectivity index (χ2n) is 1.20. The normalized spacial score (nSPS) is 9.78. The van der Waals surface area contributed by atoms with Crippen LogP contribution in [-0.2, 0) is 4.79 Å². The minimum atomic E-state index is -2.86. The van der Waals surface area contributed by atoms with Crippen molar-refractivity contribution in [1.82, 2.24) is 0 Å². The second kappa shape index (κ2) is 3.05. The predicted octanol–water partition coefficient (Wildman–Crippen LogP) is 1.68. The summed E-state index contributed by atoms with van der Waals surface area (Å²) < 4.78 is 9.19. The van der Waals surface area contributed by atoms with Gasteiger partial charge in [0.15, 0.2) is 0 Å². The number of halogens is 3. The van der Waals surface area contributed by atoms with Gasteiger partial charge in [-0.2, -0.15) is 4.39 Å². The van der Waals surface area contributed by atoms with Gasteiger partial charge >= 0.3 is 4.59 Å². The van der Waals surface area contributed by atoms with Crippen LogP contribution in [0.5, 0.6) is 0 Å². The van der Waals surface area contributed by atoms with E-state index in [2.05, 4.69) is 5.92 Å². The number of alkyl halides is 3. The number of Topliss-reactive ketones (excluding diaryl/α,β-unsaturated/α-hetero) is 1. The zero-order chi connectivity index (χ0) is 7.49. The van der Waals surface area contributed by atoms with E-state index in [9.17, 15) is 9.18 Å². The van der Waals surface area contributed by atoms with E-state index >= 15 is 0 Å². The van der Waals surface area contributed by atoms with E-state index in [1.165, 1.54) is 6.92 Å². The van der Waals surface area contributed by atoms with Gasteiger partial charge in [-0.05, 0) is 12.8 Å². The van der Waals surface area contributed by atoms with Crippen molar-refractivity contribution >= 4 is 29.0 Å². The first-order valence-electron chi connectivity index (χ1n) is 2.02. The number of carbonyl (C=O) groups excluding carboxylic acids is 1. The fourth-order valence-electron chi connectivity index (χ4n) is 0.184. The van der Waals surface area contributed by atoms with Crippen LogP contribution < -0.4 is 0 Å². The van der Waals surface area contributed by atoms with E-state index in [4.69, 9.17) is 23.2 Å². The average Bonchev–Trinajstić information content (AvgIpc) is 1.64. The van der Waals surface area contributed by atoms with E-state index in [1.54, 1.807) is 0 Å². The number of ketones is 1. The van der Waals surface area contributed by atoms with Crippen LogP contribution in [0.15, 0.2) is 0 Å². The third kappa shape index (κ3) is 3.34. The van der Waals surface area contributed by atoms with Crippen molar-refractivity contribution in [3.05, 3.63) is 0 Å². The molecule has 0 fully saturated rings. The summed E-state index contributed by atoms with van der Waals surface area (Å²) >= 11 is 9.42. The summed E-state index contributed by atoms with van der Waals surface area (Å²) in [5.41, 5.74) is 0. The predicted molar refractivity (Wildman–Crippen MR) is 34.0 cm³/mol. The van der Waals surface area contributed by atoms with Crippen LogP contribution in [0.2, 0.25) is 0 Å². The quantitative estimate of drug-likeness (QED) is 0.331. The van der Waals surface area contributed by atoms with E-state index in [0.717, 1.165) is 0 Å². The molecule has 0 spiro atoms. The molecular weight excluding hydrogens is 166 g/mol. The summed E-state index contributed by atoms with van der Waals surface area (Å²) in [5.74, 6) is 2.89. The van der Waals surface area contributed by atoms with Gasteiger partial charge in [-0.15, -0.1) is 0 Å². The lowest BCUT2D eigenvalue weighted by atomic mass is 10.4. The van der Waals surface area contributed by atoms with Gasteiger partial charge in [0, 0.05) is 0 Å². The van der Waals surface area contributed by atoms with Crippen molar-refractivity contribution in [2.75, 3.05) is 0 Å². The maximum Gasteiger partial charge on any atom is 0.328 e. The number of carbonyl (C=O) groups is 1. The van der Waals surface area contributed by atoms with Gasteiger partial charge in [-0.25, -0.2) is 0 Å². The summed E-state index contributed by atoms with van der Waals surface area (Å²) in [6.45, 7) is 1.39. The van der Waals surface area contributed by atoms with Crippen LogP contribution in [0.1, 0.15) is 6.92 Å². The zero-order valence-corrected chi connectivity index (χ0v) is 6.05. The maximum absolute atomic E-state index is 12.0. The van der Waals surface area contributed by atoms with Crippen LogP contribution in [0.4, 0.5) is 4.39 Å². The van der Waals surface area contributed by atoms with Gasteiger partial charge in [0.1, 0.15) is 0 Å². The Morgan fingerprint density at radius 2 is 2.11 bits per heavy atom. The molecule has 0 aliphatic rings. The standard InChI is InChI=1S/C5H3Cl2FO/c1-2-3-4(9)5(6,7)8/h1H3. The molecule has 0 saturated heterocycles. The monoisotopic (exact) mass is 168 g/mol. The Labute approximate surface area is 62.1 Å². The minimum Gasteiger partial charge on any atom is -0.278 e. The van der Waals surface area contributed by atoms with Crippen LogP contribution in [0.25, 0.3) is 0 Å². The smallest absolute Gasteiger partial charge is 0.278 e. The summed E-state index contributed by atoms with van der Waals surface area (Å²) in [5, 5.41) is 0. The van der Waals surface area contributed by atoms with Crippen molar-refractivity contribution in [3.63, 3.8) is 0 Å². The van der Waals surface area contributed by atoms with Crippen molar-refractivity contribution in [2.24, 2.45) is 0 Å². The molecule has 4 heteroatoms. The molecule has 0 atom stereocenters. The topological polar surface area (TPSA) is 17.1 Å². The van der Waals surface area contributed by atoms with E-state index in [-0.39, 0.29) is 0 Å². The Balaban J connectivity index is 4.17. The largest absolute Gasteiger partial charge is 0.328 e. The molecule has 0 aromatic heterocycles. The lowest BCUT2D eigenvalue weighted by molar-refractivity contribution is -0.117. The summed E-state index contributed by atoms with van der Waals surface area (Å²) in [7, 11) is 0. The Kier molecular flexibility index (Phi) is 2.96. The number of hydrogen-bond acceptors (Lipinski definition) is 1. The van der Waals surface area contributed by atoms with Crippen molar-refractivity contribution in [3.8, 4) is 11.8 Å². The van der Waals surface area contributed by atoms with E-state index in [0.29, 0.717) is 0 Å². The van der Waals surface area contributed by atoms with Crippen LogP contribution in [0.3, 0.4) is 0 Å². The molecule has 0 radical (unpaired) electrons. The Hall–Kier alpha value is -0.260. The molecule has 0 N–H and O–H groups in total. The molecule has 0 aromatic rings. The zero-order valence-electron chi connectivity index (χ0n) is 4.54. The molecule has 0 aliphatic heterocycles. The van der Waals surface area contributed by atoms with Gasteiger partial charge in [0.05, 0.1) is 0 Å². The van der Waals surface area contributed by atoms with Crippen LogP contribution in [-0.4, -0.2) is 10.4 Å². The molecule has 0 rings (SSSR count). The van der Waals surface area contributed by atoms with Crippen molar-refractivity contribution in [2.45, 2.75) is 11.5 Å². The number of hydrogen-bond donors (Lipinski definition) is 0. The summed E-state index contributed by atoms with van der Waals surface area (Å²) in [6.07, 6.45) is 0. The van der Waals surface area contributed by atoms with Crippen LogP contribution >= 0.6 is 23.2 Å². The van der Waals surface area contributed by atoms with E-state index < -0.39 is 10.4 Å². The van der Waals surface area contributed by atoms with Gasteiger partial charge in [0.2, 0.25) is 0 Å². The summed E-state index contributed by atoms with van der Waals surface area (Å²) in [4.78, 5) is 10.3. The lowest BCUT2D eigenvalue weighted by Crippen LogP contribution is -2.17. The molecule has 0 amide bonds. The van der Waals surface area contributed by atoms with Gasteiger partial charge in [-0.1, -0.05) is 29.1 Å². The molecule has 0 heterocycles. The Morgan fingerprint density at radius 1 is 1.67 bits per heavy atom. The fraction of sp³-hybridized carbons (Fsp3) is 0.400. The minimum absolute atomic E-state index is 1.13. The third-order valence-corrected chi connectivity index (χ3v) is 0.839. The first-order chi connectivity index (χ1) is 3.98. The van der Waals surface area contributed by atoms with Gasteiger partial charge < -0.3 is 0 Å². The Morgan fingerprint density at radius 3 is 2.22 bits per heavy atom. The van der Waals surface area contributed by atoms with E-state index in [1.807, 2.05) is 5.92 Å². The fourth-order valence-corrected chi connectivity index (χ4v) is 0.279. The molecule has 50 valence electrons. The highest BCUT2D eigenvalue weighted by atomic mass is 35.5. The SMILES string of the molecule is CC#CC(=O)C(F)(Cl)Cl. The van der Waals surface area contributed by atoms with Crippen LogP contribution in [0, 0.1) is 11.8 Å². The molecule has 1 nitrogen and oxygen atoms in total. The molecule has 0 unspecified atom stereocenters. The highest BCUT2D eigenvalue weighted by molar-refractivity contribution is 6.58. The average molecular weight is 169 g/mol. The first kappa shape index (κ1) is 8.74. The Bertz CT molecular complexity index is 172. The van der Waals surface area contributed by atoms with Gasteiger partial charge in [-0.3, -0.25) is 4.79 Å². The summed E-state index contributed by atoms with van der Waals surface area (Å²) in [6, 6.07) is 0. The molecular formula is C5H3Cl2FO. The number of rotatable bonds is 1. The van der Waals surface area contributed by atoms with Gasteiger partial charge in [0.25, 0.3) is 5.78 Å². The molecule has 0 aromatic carbocycles. The third-order valence-electron chi connectivity index (χ3n) is 0.496. The lowest BCUT2D eigenvalue weighted by Gasteiger charge is -1.99. The highest BCUT2D eigenvalue weighted by Crippen LogP contribution is 2.22. The van der Waals surface area contributed by atoms with Crippen molar-refractivity contribution < 1.29 is 9.18 Å². The molecule has 9 heavy (non-hydrogen) atoms.